The topological polar surface area (TPSA) is 39.1 Å². The second kappa shape index (κ2) is 4.18. The molecule has 0 spiro atoms. The van der Waals surface area contributed by atoms with Crippen LogP contribution in [-0.4, -0.2) is 35.1 Å². The van der Waals surface area contributed by atoms with E-state index in [-0.39, 0.29) is 6.61 Å². The minimum Gasteiger partial charge on any atom is -0.487 e. The van der Waals surface area contributed by atoms with Crippen LogP contribution in [0.2, 0.25) is 0 Å². The third-order valence-corrected chi connectivity index (χ3v) is 2.62. The van der Waals surface area contributed by atoms with Crippen molar-refractivity contribution in [2.75, 3.05) is 19.7 Å². The smallest absolute Gasteiger partial charge is 0.158 e. The monoisotopic (exact) mass is 213 g/mol. The van der Waals surface area contributed by atoms with Crippen molar-refractivity contribution in [2.45, 2.75) is 25.6 Å². The predicted octanol–water partition coefficient (Wildman–Crippen LogP) is 0.983. The first-order valence-electron chi connectivity index (χ1n) is 5.27. The van der Waals surface area contributed by atoms with Gasteiger partial charge < -0.3 is 10.1 Å². The molecule has 4 nitrogen and oxygen atoms in total. The molecule has 0 aromatic carbocycles. The lowest BCUT2D eigenvalue weighted by Gasteiger charge is -2.17. The van der Waals surface area contributed by atoms with Crippen molar-refractivity contribution < 1.29 is 9.13 Å². The highest BCUT2D eigenvalue weighted by atomic mass is 19.1. The standard InChI is InChI=1S/C10H16FN3O/c1-2-14-6-9(5-13-14)15-8-10(11)3-4-12-7-10/h5-6,12H,2-4,7-8H2,1H3. The van der Waals surface area contributed by atoms with Gasteiger partial charge in [-0.15, -0.1) is 0 Å². The number of aryl methyl sites for hydroxylation is 1. The summed E-state index contributed by atoms with van der Waals surface area (Å²) in [6.07, 6.45) is 3.93. The van der Waals surface area contributed by atoms with Gasteiger partial charge in [-0.1, -0.05) is 0 Å². The molecular weight excluding hydrogens is 197 g/mol. The van der Waals surface area contributed by atoms with Crippen molar-refractivity contribution in [3.8, 4) is 5.75 Å². The molecule has 15 heavy (non-hydrogen) atoms. The molecule has 0 aliphatic carbocycles. The molecule has 0 saturated carbocycles. The Bertz CT molecular complexity index is 320. The van der Waals surface area contributed by atoms with Crippen molar-refractivity contribution in [2.24, 2.45) is 0 Å². The zero-order valence-corrected chi connectivity index (χ0v) is 8.87. The first-order valence-corrected chi connectivity index (χ1v) is 5.27. The molecule has 2 rings (SSSR count). The van der Waals surface area contributed by atoms with Crippen LogP contribution >= 0.6 is 0 Å². The summed E-state index contributed by atoms with van der Waals surface area (Å²) in [6, 6.07) is 0. The number of rotatable bonds is 4. The molecule has 0 radical (unpaired) electrons. The number of hydrogen-bond donors (Lipinski definition) is 1. The lowest BCUT2D eigenvalue weighted by molar-refractivity contribution is 0.103. The fraction of sp³-hybridized carbons (Fsp3) is 0.700. The second-order valence-electron chi connectivity index (χ2n) is 3.90. The first-order chi connectivity index (χ1) is 7.22. The summed E-state index contributed by atoms with van der Waals surface area (Å²) in [6.45, 7) is 4.01. The van der Waals surface area contributed by atoms with E-state index in [4.69, 9.17) is 4.74 Å². The van der Waals surface area contributed by atoms with Crippen LogP contribution in [0.4, 0.5) is 4.39 Å². The number of nitrogens with one attached hydrogen (secondary N) is 1. The molecule has 1 atom stereocenters. The Morgan fingerprint density at radius 2 is 2.60 bits per heavy atom. The summed E-state index contributed by atoms with van der Waals surface area (Å²) in [7, 11) is 0. The molecule has 1 aliphatic heterocycles. The fourth-order valence-electron chi connectivity index (χ4n) is 1.64. The maximum Gasteiger partial charge on any atom is 0.158 e. The Balaban J connectivity index is 1.87. The van der Waals surface area contributed by atoms with E-state index in [9.17, 15) is 4.39 Å². The highest BCUT2D eigenvalue weighted by molar-refractivity contribution is 5.12. The van der Waals surface area contributed by atoms with Crippen LogP contribution in [-0.2, 0) is 6.54 Å². The maximum absolute atomic E-state index is 13.9. The van der Waals surface area contributed by atoms with Gasteiger partial charge in [0.15, 0.2) is 11.4 Å². The van der Waals surface area contributed by atoms with E-state index in [0.29, 0.717) is 18.7 Å². The Morgan fingerprint density at radius 3 is 3.20 bits per heavy atom. The lowest BCUT2D eigenvalue weighted by atomic mass is 10.1. The van der Waals surface area contributed by atoms with Gasteiger partial charge in [-0.2, -0.15) is 5.10 Å². The van der Waals surface area contributed by atoms with Crippen LogP contribution in [0.1, 0.15) is 13.3 Å². The average molecular weight is 213 g/mol. The van der Waals surface area contributed by atoms with E-state index in [1.807, 2.05) is 6.92 Å². The molecule has 1 aromatic heterocycles. The van der Waals surface area contributed by atoms with Crippen molar-refractivity contribution in [3.05, 3.63) is 12.4 Å². The molecule has 1 aromatic rings. The molecule has 2 heterocycles. The SMILES string of the molecule is CCn1cc(OCC2(F)CCNC2)cn1. The van der Waals surface area contributed by atoms with Gasteiger partial charge in [0.1, 0.15) is 6.61 Å². The summed E-state index contributed by atoms with van der Waals surface area (Å²) < 4.78 is 21.0. The summed E-state index contributed by atoms with van der Waals surface area (Å²) in [5, 5.41) is 7.05. The normalized spacial score (nSPS) is 25.7. The Hall–Kier alpha value is -1.10. The molecule has 5 heteroatoms. The van der Waals surface area contributed by atoms with Gasteiger partial charge in [0.25, 0.3) is 0 Å². The zero-order chi connectivity index (χ0) is 10.7. The summed E-state index contributed by atoms with van der Waals surface area (Å²) >= 11 is 0. The fourth-order valence-corrected chi connectivity index (χ4v) is 1.64. The van der Waals surface area contributed by atoms with Gasteiger partial charge in [0.05, 0.1) is 12.4 Å². The minimum absolute atomic E-state index is 0.107. The van der Waals surface area contributed by atoms with E-state index in [2.05, 4.69) is 10.4 Å². The number of alkyl halides is 1. The molecule has 1 N–H and O–H groups in total. The number of halogens is 1. The van der Waals surface area contributed by atoms with Crippen molar-refractivity contribution in [1.29, 1.82) is 0 Å². The Kier molecular flexibility index (Phi) is 2.90. The van der Waals surface area contributed by atoms with E-state index in [1.165, 1.54) is 0 Å². The number of nitrogens with zero attached hydrogens (tertiary/aromatic N) is 2. The summed E-state index contributed by atoms with van der Waals surface area (Å²) in [4.78, 5) is 0. The minimum atomic E-state index is -1.21. The highest BCUT2D eigenvalue weighted by Crippen LogP contribution is 2.21. The largest absolute Gasteiger partial charge is 0.487 e. The van der Waals surface area contributed by atoms with Gasteiger partial charge >= 0.3 is 0 Å². The van der Waals surface area contributed by atoms with E-state index < -0.39 is 5.67 Å². The number of aromatic nitrogens is 2. The molecule has 1 unspecified atom stereocenters. The third-order valence-electron chi connectivity index (χ3n) is 2.62. The van der Waals surface area contributed by atoms with Crippen LogP contribution in [0.25, 0.3) is 0 Å². The van der Waals surface area contributed by atoms with Gasteiger partial charge in [-0.05, 0) is 19.9 Å². The molecule has 0 amide bonds. The molecule has 1 fully saturated rings. The number of ether oxygens (including phenoxy) is 1. The molecule has 84 valence electrons. The van der Waals surface area contributed by atoms with E-state index >= 15 is 0 Å². The van der Waals surface area contributed by atoms with E-state index in [1.54, 1.807) is 17.1 Å². The van der Waals surface area contributed by atoms with Crippen molar-refractivity contribution in [3.63, 3.8) is 0 Å². The van der Waals surface area contributed by atoms with E-state index in [0.717, 1.165) is 13.1 Å². The lowest BCUT2D eigenvalue weighted by Crippen LogP contribution is -2.33. The third kappa shape index (κ3) is 2.47. The van der Waals surface area contributed by atoms with Crippen LogP contribution in [0.3, 0.4) is 0 Å². The second-order valence-corrected chi connectivity index (χ2v) is 3.90. The zero-order valence-electron chi connectivity index (χ0n) is 8.87. The predicted molar refractivity (Wildman–Crippen MR) is 54.7 cm³/mol. The van der Waals surface area contributed by atoms with Crippen LogP contribution in [0, 0.1) is 0 Å². The van der Waals surface area contributed by atoms with Crippen molar-refractivity contribution >= 4 is 0 Å². The summed E-state index contributed by atoms with van der Waals surface area (Å²) in [5.74, 6) is 0.640. The number of hydrogen-bond acceptors (Lipinski definition) is 3. The van der Waals surface area contributed by atoms with Crippen LogP contribution in [0.5, 0.6) is 5.75 Å². The summed E-state index contributed by atoms with van der Waals surface area (Å²) in [5.41, 5.74) is -1.21. The first kappa shape index (κ1) is 10.4. The van der Waals surface area contributed by atoms with Crippen LogP contribution in [0.15, 0.2) is 12.4 Å². The average Bonchev–Trinajstić information content (AvgIpc) is 2.84. The molecule has 1 saturated heterocycles. The Morgan fingerprint density at radius 1 is 1.73 bits per heavy atom. The molecular formula is C10H16FN3O. The van der Waals surface area contributed by atoms with Gasteiger partial charge in [0, 0.05) is 13.1 Å². The van der Waals surface area contributed by atoms with Crippen LogP contribution < -0.4 is 10.1 Å². The van der Waals surface area contributed by atoms with Gasteiger partial charge in [-0.25, -0.2) is 4.39 Å². The maximum atomic E-state index is 13.9. The Labute approximate surface area is 88.4 Å². The molecule has 0 bridgehead atoms. The highest BCUT2D eigenvalue weighted by Gasteiger charge is 2.34. The molecule has 1 aliphatic rings. The van der Waals surface area contributed by atoms with Gasteiger partial charge in [-0.3, -0.25) is 4.68 Å². The quantitative estimate of drug-likeness (QED) is 0.810. The van der Waals surface area contributed by atoms with Crippen molar-refractivity contribution in [1.82, 2.24) is 15.1 Å². The van der Waals surface area contributed by atoms with Gasteiger partial charge in [0.2, 0.25) is 0 Å².